The molecular formula is C16H24N8O2S3. The van der Waals surface area contributed by atoms with Crippen molar-refractivity contribution in [2.75, 3.05) is 35.2 Å². The Morgan fingerprint density at radius 3 is 1.66 bits per heavy atom. The molecule has 0 aliphatic carbocycles. The molecule has 0 amide bonds. The molecule has 0 saturated heterocycles. The molecule has 0 unspecified atom stereocenters. The number of anilines is 2. The van der Waals surface area contributed by atoms with Crippen LogP contribution in [0.25, 0.3) is 0 Å². The highest BCUT2D eigenvalue weighted by atomic mass is 32.2. The van der Waals surface area contributed by atoms with Gasteiger partial charge in [-0.3, -0.25) is 0 Å². The quantitative estimate of drug-likeness (QED) is 0.271. The fraction of sp³-hybridized carbons (Fsp3) is 0.625. The van der Waals surface area contributed by atoms with E-state index in [1.54, 1.807) is 34.9 Å². The van der Waals surface area contributed by atoms with Crippen molar-refractivity contribution in [2.24, 2.45) is 0 Å². The summed E-state index contributed by atoms with van der Waals surface area (Å²) in [5.74, 6) is 3.19. The molecule has 0 aromatic carbocycles. The van der Waals surface area contributed by atoms with Crippen LogP contribution in [0.15, 0.2) is 17.5 Å². The van der Waals surface area contributed by atoms with Gasteiger partial charge in [0.2, 0.25) is 11.8 Å². The number of nitrogens with zero attached hydrogens (tertiary/aromatic N) is 6. The molecule has 0 spiro atoms. The molecule has 0 bridgehead atoms. The predicted molar refractivity (Wildman–Crippen MR) is 115 cm³/mol. The molecule has 3 aromatic rings. The maximum atomic E-state index is 5.49. The molecule has 0 fully saturated rings. The van der Waals surface area contributed by atoms with Crippen LogP contribution in [-0.2, 0) is 12.8 Å². The van der Waals surface area contributed by atoms with E-state index in [1.807, 2.05) is 13.8 Å². The summed E-state index contributed by atoms with van der Waals surface area (Å²) in [6, 6.07) is 0.969. The third-order valence-electron chi connectivity index (χ3n) is 3.50. The first-order valence-electron chi connectivity index (χ1n) is 9.48. The lowest BCUT2D eigenvalue weighted by Crippen LogP contribution is -1.95. The van der Waals surface area contributed by atoms with E-state index >= 15 is 0 Å². The first-order valence-corrected chi connectivity index (χ1v) is 12.3. The number of nitrogens with one attached hydrogen (secondary N) is 2. The number of thioether (sulfide) groups is 2. The highest BCUT2D eigenvalue weighted by Gasteiger charge is 2.09. The lowest BCUT2D eigenvalue weighted by Gasteiger charge is -1.96. The highest BCUT2D eigenvalue weighted by molar-refractivity contribution is 8.03. The molecule has 158 valence electrons. The average Bonchev–Trinajstić information content (AvgIpc) is 3.45. The largest absolute Gasteiger partial charge is 0.408 e. The zero-order valence-corrected chi connectivity index (χ0v) is 18.8. The van der Waals surface area contributed by atoms with Crippen molar-refractivity contribution >= 4 is 46.9 Å². The van der Waals surface area contributed by atoms with Crippen molar-refractivity contribution in [1.82, 2.24) is 30.6 Å². The zero-order chi connectivity index (χ0) is 20.3. The maximum Gasteiger partial charge on any atom is 0.315 e. The van der Waals surface area contributed by atoms with Crippen LogP contribution in [0, 0.1) is 0 Å². The van der Waals surface area contributed by atoms with E-state index in [0.29, 0.717) is 23.8 Å². The molecule has 13 heteroatoms. The molecule has 3 heterocycles. The van der Waals surface area contributed by atoms with Gasteiger partial charge in [-0.25, -0.2) is 0 Å². The molecule has 0 aliphatic heterocycles. The molecule has 0 aliphatic rings. The average molecular weight is 457 g/mol. The van der Waals surface area contributed by atoms with Crippen molar-refractivity contribution < 1.29 is 8.83 Å². The molecule has 29 heavy (non-hydrogen) atoms. The van der Waals surface area contributed by atoms with Gasteiger partial charge in [-0.1, -0.05) is 45.1 Å². The SMILES string of the molecule is CCNc1nnc(CCCSc2nnc(SCCCc3nnc(NCC)o3)s2)o1. The van der Waals surface area contributed by atoms with Crippen LogP contribution in [0.2, 0.25) is 0 Å². The molecule has 3 rings (SSSR count). The summed E-state index contributed by atoms with van der Waals surface area (Å²) in [4.78, 5) is 0. The van der Waals surface area contributed by atoms with Gasteiger partial charge >= 0.3 is 12.0 Å². The Bertz CT molecular complexity index is 786. The van der Waals surface area contributed by atoms with E-state index < -0.39 is 0 Å². The van der Waals surface area contributed by atoms with Crippen LogP contribution in [-0.4, -0.2) is 55.2 Å². The molecule has 0 atom stereocenters. The fourth-order valence-corrected chi connectivity index (χ4v) is 5.27. The van der Waals surface area contributed by atoms with E-state index in [-0.39, 0.29) is 0 Å². The van der Waals surface area contributed by atoms with Gasteiger partial charge in [0.1, 0.15) is 0 Å². The fourth-order valence-electron chi connectivity index (χ4n) is 2.23. The van der Waals surface area contributed by atoms with E-state index in [2.05, 4.69) is 41.2 Å². The zero-order valence-electron chi connectivity index (χ0n) is 16.4. The number of hydrogen-bond acceptors (Lipinski definition) is 13. The van der Waals surface area contributed by atoms with Gasteiger partial charge in [-0.15, -0.1) is 20.4 Å². The lowest BCUT2D eigenvalue weighted by molar-refractivity contribution is 0.502. The molecule has 10 nitrogen and oxygen atoms in total. The number of aryl methyl sites for hydroxylation is 2. The van der Waals surface area contributed by atoms with E-state index in [0.717, 1.165) is 59.0 Å². The number of rotatable bonds is 14. The second-order valence-corrected chi connectivity index (χ2v) is 9.46. The van der Waals surface area contributed by atoms with Gasteiger partial charge in [-0.05, 0) is 26.7 Å². The minimum atomic E-state index is 0.484. The molecule has 3 aromatic heterocycles. The van der Waals surface area contributed by atoms with E-state index in [9.17, 15) is 0 Å². The molecule has 0 saturated carbocycles. The normalized spacial score (nSPS) is 11.1. The summed E-state index contributed by atoms with van der Waals surface area (Å²) in [6.45, 7) is 5.51. The van der Waals surface area contributed by atoms with Crippen molar-refractivity contribution in [3.8, 4) is 0 Å². The lowest BCUT2D eigenvalue weighted by atomic mass is 10.3. The summed E-state index contributed by atoms with van der Waals surface area (Å²) in [5.41, 5.74) is 0. The second kappa shape index (κ2) is 12.0. The summed E-state index contributed by atoms with van der Waals surface area (Å²) in [5, 5.41) is 30.4. The first kappa shape index (κ1) is 21.8. The van der Waals surface area contributed by atoms with Crippen molar-refractivity contribution in [3.63, 3.8) is 0 Å². The van der Waals surface area contributed by atoms with Crippen LogP contribution in [0.3, 0.4) is 0 Å². The van der Waals surface area contributed by atoms with Gasteiger partial charge < -0.3 is 19.5 Å². The standard InChI is InChI=1S/C16H24N8O2S3/c1-3-17-13-21-19-11(25-13)7-5-9-27-15-23-24-16(29-15)28-10-6-8-12-20-22-14(26-12)18-4-2/h3-10H2,1-2H3,(H,17,21)(H,18,22). The molecule has 2 N–H and O–H groups in total. The minimum absolute atomic E-state index is 0.484. The Kier molecular flexibility index (Phi) is 9.02. The maximum absolute atomic E-state index is 5.49. The van der Waals surface area contributed by atoms with E-state index in [4.69, 9.17) is 8.83 Å². The molecule has 0 radical (unpaired) electrons. The Morgan fingerprint density at radius 2 is 1.21 bits per heavy atom. The third kappa shape index (κ3) is 7.48. The predicted octanol–water partition coefficient (Wildman–Crippen LogP) is 3.62. The molecular weight excluding hydrogens is 432 g/mol. The minimum Gasteiger partial charge on any atom is -0.408 e. The highest BCUT2D eigenvalue weighted by Crippen LogP contribution is 2.29. The van der Waals surface area contributed by atoms with Crippen LogP contribution in [0.1, 0.15) is 38.5 Å². The van der Waals surface area contributed by atoms with E-state index in [1.165, 1.54) is 0 Å². The van der Waals surface area contributed by atoms with Gasteiger partial charge in [0.15, 0.2) is 8.68 Å². The smallest absolute Gasteiger partial charge is 0.315 e. The van der Waals surface area contributed by atoms with Crippen LogP contribution in [0.5, 0.6) is 0 Å². The first-order chi connectivity index (χ1) is 14.3. The monoisotopic (exact) mass is 456 g/mol. The number of aromatic nitrogens is 6. The summed E-state index contributed by atoms with van der Waals surface area (Å²) in [6.07, 6.45) is 3.41. The van der Waals surface area contributed by atoms with Crippen molar-refractivity contribution in [2.45, 2.75) is 48.2 Å². The van der Waals surface area contributed by atoms with Gasteiger partial charge in [0.25, 0.3) is 0 Å². The van der Waals surface area contributed by atoms with Crippen molar-refractivity contribution in [1.29, 1.82) is 0 Å². The Hall–Kier alpha value is -1.86. The Balaban J connectivity index is 1.28. The summed E-state index contributed by atoms with van der Waals surface area (Å²) in [7, 11) is 0. The summed E-state index contributed by atoms with van der Waals surface area (Å²) >= 11 is 5.04. The number of hydrogen-bond donors (Lipinski definition) is 2. The topological polar surface area (TPSA) is 128 Å². The van der Waals surface area contributed by atoms with Crippen molar-refractivity contribution in [3.05, 3.63) is 11.8 Å². The second-order valence-electron chi connectivity index (χ2n) is 5.80. The van der Waals surface area contributed by atoms with Crippen LogP contribution < -0.4 is 10.6 Å². The Morgan fingerprint density at radius 1 is 0.724 bits per heavy atom. The van der Waals surface area contributed by atoms with Crippen LogP contribution in [0.4, 0.5) is 12.0 Å². The van der Waals surface area contributed by atoms with Gasteiger partial charge in [-0.2, -0.15) is 0 Å². The Labute approximate surface area is 181 Å². The van der Waals surface area contributed by atoms with Gasteiger partial charge in [0.05, 0.1) is 0 Å². The summed E-state index contributed by atoms with van der Waals surface area (Å²) < 4.78 is 13.0. The van der Waals surface area contributed by atoms with Gasteiger partial charge in [0, 0.05) is 37.4 Å². The van der Waals surface area contributed by atoms with Crippen LogP contribution >= 0.6 is 34.9 Å². The third-order valence-corrected chi connectivity index (χ3v) is 6.86.